The molecule has 2 unspecified atom stereocenters. The van der Waals surface area contributed by atoms with Gasteiger partial charge in [0.15, 0.2) is 36.6 Å². The molecule has 4 aromatic carbocycles. The van der Waals surface area contributed by atoms with Gasteiger partial charge in [0.1, 0.15) is 59.6 Å². The van der Waals surface area contributed by atoms with Crippen molar-refractivity contribution in [1.82, 2.24) is 9.80 Å². The number of ether oxygens (including phenoxy) is 12. The highest BCUT2D eigenvalue weighted by Gasteiger charge is 2.71. The van der Waals surface area contributed by atoms with E-state index in [1.54, 1.807) is 0 Å². The smallest absolute Gasteiger partial charge is 0.303 e. The Morgan fingerprint density at radius 1 is 0.449 bits per heavy atom. The largest absolute Gasteiger partial charge is 0.491 e. The molecule has 0 aliphatic carbocycles. The summed E-state index contributed by atoms with van der Waals surface area (Å²) in [6.07, 6.45) is -7.34. The molecule has 8 aliphatic rings. The molecule has 2 spiro atoms. The minimum Gasteiger partial charge on any atom is -0.491 e. The third kappa shape index (κ3) is 13.4. The Labute approximate surface area is 566 Å². The average Bonchev–Trinajstić information content (AvgIpc) is 1.53. The quantitative estimate of drug-likeness (QED) is 0.0468. The second-order valence-corrected chi connectivity index (χ2v) is 26.1. The highest BCUT2D eigenvalue weighted by Crippen LogP contribution is 2.63. The van der Waals surface area contributed by atoms with Gasteiger partial charge in [-0.1, -0.05) is 60.7 Å². The molecular weight excluding hydrogens is 1270 g/mol. The number of carbonyl (C=O) groups is 10. The van der Waals surface area contributed by atoms with Crippen LogP contribution in [-0.4, -0.2) is 196 Å². The molecule has 4 aromatic rings. The maximum absolute atomic E-state index is 15.4. The molecule has 522 valence electrons. The number of amides is 2. The number of Topliss-reactive ketones (excluding diaryl/α,β-unsaturated/α-hetero) is 2. The van der Waals surface area contributed by atoms with E-state index in [0.717, 1.165) is 24.0 Å². The highest BCUT2D eigenvalue weighted by atomic mass is 16.7. The first-order valence-electron chi connectivity index (χ1n) is 33.5. The summed E-state index contributed by atoms with van der Waals surface area (Å²) in [5.74, 6) is -7.31. The van der Waals surface area contributed by atoms with E-state index in [-0.39, 0.29) is 101 Å². The zero-order chi connectivity index (χ0) is 69.2. The highest BCUT2D eigenvalue weighted by molar-refractivity contribution is 6.11. The van der Waals surface area contributed by atoms with Gasteiger partial charge >= 0.3 is 35.8 Å². The lowest BCUT2D eigenvalue weighted by atomic mass is 9.69. The SMILES string of the molecule is CC(=O)O[C@@H]1[C@@H](OC(C)=O)[C@H](OC(C)=O)CO[C@H]1CC(=O)[C@H]1[C@H](c2ccc(OCCOCCOCCOc3ccc([C@@H]4C5CCCN5[C@]5(C(=O)Nc6ccccc65)[C@H]4C(=O)C[C@@H]4OC[C@@H](OC(C)=O)[C@H](OC(C)=O)[C@H]4OC(C)=O)cc3)cc2)C2CCCN2[C@]12C(=O)Nc1ccccc12. The Kier molecular flexibility index (Phi) is 20.8. The van der Waals surface area contributed by atoms with Crippen molar-refractivity contribution in [3.63, 3.8) is 0 Å². The van der Waals surface area contributed by atoms with E-state index in [4.69, 9.17) is 56.8 Å². The minimum atomic E-state index is -1.39. The van der Waals surface area contributed by atoms with E-state index in [9.17, 15) is 38.4 Å². The van der Waals surface area contributed by atoms with Crippen molar-refractivity contribution in [3.8, 4) is 11.5 Å². The molecule has 8 aliphatic heterocycles. The van der Waals surface area contributed by atoms with E-state index in [1.807, 2.05) is 97.1 Å². The van der Waals surface area contributed by atoms with Crippen molar-refractivity contribution < 1.29 is 105 Å². The van der Waals surface area contributed by atoms with Gasteiger partial charge in [-0.3, -0.25) is 57.7 Å². The van der Waals surface area contributed by atoms with Crippen molar-refractivity contribution in [2.75, 3.05) is 76.6 Å². The molecule has 2 N–H and O–H groups in total. The average molecular weight is 1360 g/mol. The number of esters is 6. The van der Waals surface area contributed by atoms with Crippen LogP contribution in [0.2, 0.25) is 0 Å². The van der Waals surface area contributed by atoms with Gasteiger partial charge in [-0.2, -0.15) is 0 Å². The van der Waals surface area contributed by atoms with Crippen molar-refractivity contribution >= 4 is 70.6 Å². The van der Waals surface area contributed by atoms with Crippen molar-refractivity contribution in [1.29, 1.82) is 0 Å². The fraction of sp³-hybridized carbons (Fsp3) is 0.528. The van der Waals surface area contributed by atoms with E-state index >= 15 is 9.59 Å². The normalized spacial score (nSPS) is 30.5. The van der Waals surface area contributed by atoms with E-state index in [0.29, 0.717) is 59.9 Å². The third-order valence-electron chi connectivity index (χ3n) is 20.1. The van der Waals surface area contributed by atoms with Gasteiger partial charge < -0.3 is 67.5 Å². The third-order valence-corrected chi connectivity index (χ3v) is 20.1. The number of hydrogen-bond acceptors (Lipinski definition) is 24. The van der Waals surface area contributed by atoms with Crippen LogP contribution in [0.1, 0.15) is 114 Å². The predicted octanol–water partition coefficient (Wildman–Crippen LogP) is 5.53. The lowest BCUT2D eigenvalue weighted by molar-refractivity contribution is -0.226. The van der Waals surface area contributed by atoms with Crippen LogP contribution in [0, 0.1) is 11.8 Å². The topological polar surface area (TPSA) is 312 Å². The maximum Gasteiger partial charge on any atom is 0.303 e. The van der Waals surface area contributed by atoms with Crippen LogP contribution < -0.4 is 20.1 Å². The summed E-state index contributed by atoms with van der Waals surface area (Å²) in [6.45, 7) is 9.19. The molecule has 26 nitrogen and oxygen atoms in total. The summed E-state index contributed by atoms with van der Waals surface area (Å²) in [7, 11) is 0. The molecule has 6 fully saturated rings. The second-order valence-electron chi connectivity index (χ2n) is 26.1. The number of rotatable bonds is 25. The number of ketones is 2. The van der Waals surface area contributed by atoms with Gasteiger partial charge in [0.2, 0.25) is 11.8 Å². The number of benzene rings is 4. The van der Waals surface area contributed by atoms with Gasteiger partial charge in [0.25, 0.3) is 0 Å². The number of hydrogen-bond donors (Lipinski definition) is 2. The second kappa shape index (κ2) is 29.4. The Balaban J connectivity index is 0.658. The lowest BCUT2D eigenvalue weighted by Crippen LogP contribution is -2.58. The Bertz CT molecular complexity index is 3460. The molecule has 98 heavy (non-hydrogen) atoms. The van der Waals surface area contributed by atoms with Crippen LogP contribution in [0.4, 0.5) is 11.4 Å². The Morgan fingerprint density at radius 2 is 0.796 bits per heavy atom. The molecule has 16 atom stereocenters. The summed E-state index contributed by atoms with van der Waals surface area (Å²) in [6, 6.07) is 29.3. The summed E-state index contributed by atoms with van der Waals surface area (Å²) in [4.78, 5) is 139. The number of fused-ring (bicyclic) bond motifs is 8. The molecule has 8 heterocycles. The maximum atomic E-state index is 15.4. The fourth-order valence-electron chi connectivity index (χ4n) is 16.9. The van der Waals surface area contributed by atoms with Gasteiger partial charge in [-0.15, -0.1) is 0 Å². The first-order chi connectivity index (χ1) is 47.2. The predicted molar refractivity (Wildman–Crippen MR) is 343 cm³/mol. The molecule has 2 amide bonds. The van der Waals surface area contributed by atoms with E-state index in [2.05, 4.69) is 20.4 Å². The Hall–Kier alpha value is -8.66. The standard InChI is InChI=1S/C72H82N4O22/c1-39(77)93-59-37-91-57(65(95-41(3)79)67(59)97-43(5)81)35-55(83)63-61(53-17-11-27-75(53)71(63)49-13-7-9-15-51(49)73-69(71)85)45-19-23-47(24-20-45)89-33-31-87-29-30-88-32-34-90-48-25-21-46(22-26-48)62-54-18-12-28-76(54)72(50-14-8-10-16-52(50)74-70(72)86)64(62)56(84)36-58-66(96-42(4)80)68(98-44(6)82)60(38-92-58)94-40(2)78/h7-10,13-16,19-26,53-54,57-68H,11-12,17-18,27-38H2,1-6H3,(H,73,85)(H,74,86)/t53?,54?,57-,58-,59+,60+,61+,62+,63-,64-,65-,66-,67-,68-,71-,72-/m0/s1. The molecule has 0 saturated carbocycles. The summed E-state index contributed by atoms with van der Waals surface area (Å²) in [5, 5.41) is 6.15. The van der Waals surface area contributed by atoms with Crippen LogP contribution in [-0.2, 0) is 106 Å². The van der Waals surface area contributed by atoms with Crippen LogP contribution >= 0.6 is 0 Å². The number of anilines is 2. The van der Waals surface area contributed by atoms with Gasteiger partial charge in [0, 0.05) is 101 Å². The lowest BCUT2D eigenvalue weighted by Gasteiger charge is -2.41. The number of nitrogens with one attached hydrogen (secondary N) is 2. The first-order valence-corrected chi connectivity index (χ1v) is 33.5. The van der Waals surface area contributed by atoms with Gasteiger partial charge in [-0.05, 0) is 86.3 Å². The summed E-state index contributed by atoms with van der Waals surface area (Å²) >= 11 is 0. The molecule has 26 heteroatoms. The van der Waals surface area contributed by atoms with E-state index < -0.39 is 119 Å². The summed E-state index contributed by atoms with van der Waals surface area (Å²) in [5.41, 5.74) is 1.44. The Morgan fingerprint density at radius 3 is 1.16 bits per heavy atom. The van der Waals surface area contributed by atoms with Crippen LogP contribution in [0.15, 0.2) is 97.1 Å². The van der Waals surface area contributed by atoms with Crippen molar-refractivity contribution in [3.05, 3.63) is 119 Å². The zero-order valence-electron chi connectivity index (χ0n) is 55.5. The van der Waals surface area contributed by atoms with Crippen molar-refractivity contribution in [2.45, 2.75) is 164 Å². The zero-order valence-corrected chi connectivity index (χ0v) is 55.5. The van der Waals surface area contributed by atoms with Crippen LogP contribution in [0.5, 0.6) is 11.5 Å². The molecule has 6 saturated heterocycles. The summed E-state index contributed by atoms with van der Waals surface area (Å²) < 4.78 is 69.8. The van der Waals surface area contributed by atoms with E-state index in [1.165, 1.54) is 41.5 Å². The molecular formula is C72H82N4O22. The van der Waals surface area contributed by atoms with Gasteiger partial charge in [-0.25, -0.2) is 0 Å². The number of para-hydroxylation sites is 2. The monoisotopic (exact) mass is 1350 g/mol. The molecule has 0 radical (unpaired) electrons. The van der Waals surface area contributed by atoms with Crippen molar-refractivity contribution in [2.24, 2.45) is 11.8 Å². The van der Waals surface area contributed by atoms with Gasteiger partial charge in [0.05, 0.1) is 51.5 Å². The molecule has 12 rings (SSSR count). The first kappa shape index (κ1) is 69.2. The fourth-order valence-corrected chi connectivity index (χ4v) is 16.9. The minimum absolute atomic E-state index is 0.214. The molecule has 0 aromatic heterocycles. The van der Waals surface area contributed by atoms with Crippen LogP contribution in [0.3, 0.4) is 0 Å². The number of carbonyl (C=O) groups excluding carboxylic acids is 10. The number of nitrogens with zero attached hydrogens (tertiary/aromatic N) is 2. The van der Waals surface area contributed by atoms with Crippen LogP contribution in [0.25, 0.3) is 0 Å². The molecule has 0 bridgehead atoms.